The van der Waals surface area contributed by atoms with Gasteiger partial charge in [-0.3, -0.25) is 10.1 Å². The van der Waals surface area contributed by atoms with Crippen molar-refractivity contribution in [3.05, 3.63) is 34.4 Å². The first-order valence-corrected chi connectivity index (χ1v) is 7.12. The summed E-state index contributed by atoms with van der Waals surface area (Å²) in [7, 11) is 0. The highest BCUT2D eigenvalue weighted by atomic mass is 16.7. The van der Waals surface area contributed by atoms with Crippen molar-refractivity contribution < 1.29 is 34.5 Å². The number of aliphatic hydroxyl groups is 3. The van der Waals surface area contributed by atoms with Gasteiger partial charge in [0.25, 0.3) is 5.69 Å². The molecule has 1 heterocycles. The molecule has 128 valence electrons. The van der Waals surface area contributed by atoms with E-state index in [1.54, 1.807) is 6.92 Å². The third-order valence-corrected chi connectivity index (χ3v) is 3.45. The Labute approximate surface area is 132 Å². The van der Waals surface area contributed by atoms with E-state index in [9.17, 15) is 25.4 Å². The number of hydrogen-bond donors (Lipinski definition) is 3. The summed E-state index contributed by atoms with van der Waals surface area (Å²) in [6, 6.07) is 5.19. The van der Waals surface area contributed by atoms with E-state index in [1.165, 1.54) is 24.3 Å². The van der Waals surface area contributed by atoms with Gasteiger partial charge in [0.1, 0.15) is 30.2 Å². The molecule has 9 heteroatoms. The Bertz CT molecular complexity index is 522. The van der Waals surface area contributed by atoms with Crippen LogP contribution in [0.1, 0.15) is 6.92 Å². The van der Waals surface area contributed by atoms with Crippen molar-refractivity contribution in [2.45, 2.75) is 37.6 Å². The van der Waals surface area contributed by atoms with Crippen LogP contribution in [-0.2, 0) is 9.47 Å². The molecule has 1 aliphatic heterocycles. The average Bonchev–Trinajstić information content (AvgIpc) is 2.54. The molecule has 9 nitrogen and oxygen atoms in total. The van der Waals surface area contributed by atoms with Gasteiger partial charge in [-0.15, -0.1) is 0 Å². The fourth-order valence-corrected chi connectivity index (χ4v) is 2.17. The van der Waals surface area contributed by atoms with Crippen LogP contribution < -0.4 is 4.74 Å². The highest BCUT2D eigenvalue weighted by Gasteiger charge is 2.45. The van der Waals surface area contributed by atoms with Crippen molar-refractivity contribution >= 4 is 5.69 Å². The fourth-order valence-electron chi connectivity index (χ4n) is 2.17. The first kappa shape index (κ1) is 17.6. The molecule has 2 rings (SSSR count). The summed E-state index contributed by atoms with van der Waals surface area (Å²) >= 11 is 0. The number of hydrogen-bond acceptors (Lipinski definition) is 8. The van der Waals surface area contributed by atoms with Crippen LogP contribution in [0.2, 0.25) is 0 Å². The number of benzene rings is 1. The van der Waals surface area contributed by atoms with Crippen molar-refractivity contribution in [1.29, 1.82) is 0 Å². The Kier molecular flexibility index (Phi) is 5.85. The van der Waals surface area contributed by atoms with E-state index in [2.05, 4.69) is 0 Å². The minimum atomic E-state index is -1.47. The molecule has 0 aliphatic carbocycles. The van der Waals surface area contributed by atoms with Crippen LogP contribution in [-0.4, -0.2) is 64.2 Å². The van der Waals surface area contributed by atoms with Crippen molar-refractivity contribution in [3.8, 4) is 5.75 Å². The van der Waals surface area contributed by atoms with Crippen LogP contribution in [0, 0.1) is 10.1 Å². The topological polar surface area (TPSA) is 132 Å². The Morgan fingerprint density at radius 2 is 1.83 bits per heavy atom. The van der Waals surface area contributed by atoms with Crippen LogP contribution >= 0.6 is 0 Å². The van der Waals surface area contributed by atoms with Gasteiger partial charge in [-0.25, -0.2) is 0 Å². The summed E-state index contributed by atoms with van der Waals surface area (Å²) in [6.45, 7) is 2.20. The van der Waals surface area contributed by atoms with Crippen LogP contribution in [0.15, 0.2) is 24.3 Å². The van der Waals surface area contributed by atoms with Gasteiger partial charge in [0.05, 0.1) is 11.5 Å². The largest absolute Gasteiger partial charge is 0.462 e. The van der Waals surface area contributed by atoms with Gasteiger partial charge >= 0.3 is 0 Å². The average molecular weight is 329 g/mol. The van der Waals surface area contributed by atoms with Gasteiger partial charge in [0, 0.05) is 18.7 Å². The molecule has 0 bridgehead atoms. The smallest absolute Gasteiger partial charge is 0.269 e. The Morgan fingerprint density at radius 3 is 2.39 bits per heavy atom. The zero-order valence-electron chi connectivity index (χ0n) is 12.4. The molecular weight excluding hydrogens is 310 g/mol. The van der Waals surface area contributed by atoms with Gasteiger partial charge in [-0.2, -0.15) is 0 Å². The second kappa shape index (κ2) is 7.66. The Hall–Kier alpha value is -1.78. The Balaban J connectivity index is 2.06. The maximum atomic E-state index is 10.6. The molecule has 0 saturated carbocycles. The summed E-state index contributed by atoms with van der Waals surface area (Å²) in [4.78, 5) is 10.1. The molecule has 23 heavy (non-hydrogen) atoms. The van der Waals surface area contributed by atoms with Gasteiger partial charge in [-0.05, 0) is 19.1 Å². The number of nitrogens with zero attached hydrogens (tertiary/aromatic N) is 1. The Morgan fingerprint density at radius 1 is 1.17 bits per heavy atom. The first-order valence-electron chi connectivity index (χ1n) is 7.12. The number of rotatable bonds is 6. The molecule has 3 N–H and O–H groups in total. The SMILES string of the molecule is CCOC[C@H]1O[C@@H](Oc2ccc([N+](=O)[O-])cc2)[C@H](O)[C@@H](O)[C@@H]1O. The third-order valence-electron chi connectivity index (χ3n) is 3.45. The molecule has 0 unspecified atom stereocenters. The highest BCUT2D eigenvalue weighted by molar-refractivity contribution is 5.36. The number of nitro benzene ring substituents is 1. The molecule has 1 saturated heterocycles. The van der Waals surface area contributed by atoms with Crippen molar-refractivity contribution in [2.24, 2.45) is 0 Å². The lowest BCUT2D eigenvalue weighted by atomic mass is 9.99. The van der Waals surface area contributed by atoms with Crippen LogP contribution in [0.4, 0.5) is 5.69 Å². The van der Waals surface area contributed by atoms with Crippen LogP contribution in [0.5, 0.6) is 5.75 Å². The number of nitro groups is 1. The van der Waals surface area contributed by atoms with Gasteiger partial charge in [0.15, 0.2) is 0 Å². The first-order chi connectivity index (χ1) is 10.9. The molecule has 0 radical (unpaired) electrons. The lowest BCUT2D eigenvalue weighted by molar-refractivity contribution is -0.384. The zero-order chi connectivity index (χ0) is 17.0. The van der Waals surface area contributed by atoms with E-state index >= 15 is 0 Å². The minimum absolute atomic E-state index is 0.0293. The zero-order valence-corrected chi connectivity index (χ0v) is 12.4. The quantitative estimate of drug-likeness (QED) is 0.484. The molecule has 5 atom stereocenters. The number of ether oxygens (including phenoxy) is 3. The van der Waals surface area contributed by atoms with Crippen molar-refractivity contribution in [1.82, 2.24) is 0 Å². The second-order valence-electron chi connectivity index (χ2n) is 5.04. The van der Waals surface area contributed by atoms with Crippen LogP contribution in [0.25, 0.3) is 0 Å². The summed E-state index contributed by atoms with van der Waals surface area (Å²) in [5.74, 6) is 0.221. The normalized spacial score (nSPS) is 30.9. The molecular formula is C14H19NO8. The standard InChI is InChI=1S/C14H19NO8/c1-2-21-7-10-11(16)12(17)13(18)14(23-10)22-9-5-3-8(4-6-9)15(19)20/h3-6,10-14,16-18H,2,7H2,1H3/t10-,11-,12+,13-,14-/m1/s1. The minimum Gasteiger partial charge on any atom is -0.462 e. The molecule has 1 aliphatic rings. The van der Waals surface area contributed by atoms with E-state index in [0.29, 0.717) is 6.61 Å². The monoisotopic (exact) mass is 329 g/mol. The van der Waals surface area contributed by atoms with E-state index in [4.69, 9.17) is 14.2 Å². The maximum absolute atomic E-state index is 10.6. The van der Waals surface area contributed by atoms with Gasteiger partial charge in [-0.1, -0.05) is 0 Å². The predicted octanol–water partition coefficient (Wildman–Crippen LogP) is -0.182. The molecule has 0 aromatic heterocycles. The highest BCUT2D eigenvalue weighted by Crippen LogP contribution is 2.25. The van der Waals surface area contributed by atoms with E-state index < -0.39 is 35.6 Å². The predicted molar refractivity (Wildman–Crippen MR) is 76.9 cm³/mol. The van der Waals surface area contributed by atoms with Crippen LogP contribution in [0.3, 0.4) is 0 Å². The number of aliphatic hydroxyl groups excluding tert-OH is 3. The van der Waals surface area contributed by atoms with E-state index in [0.717, 1.165) is 0 Å². The fraction of sp³-hybridized carbons (Fsp3) is 0.571. The number of non-ortho nitro benzene ring substituents is 1. The maximum Gasteiger partial charge on any atom is 0.269 e. The van der Waals surface area contributed by atoms with Gasteiger partial charge in [0.2, 0.25) is 6.29 Å². The summed E-state index contributed by atoms with van der Waals surface area (Å²) in [5, 5.41) is 40.3. The van der Waals surface area contributed by atoms with E-state index in [1.807, 2.05) is 0 Å². The van der Waals surface area contributed by atoms with Crippen molar-refractivity contribution in [3.63, 3.8) is 0 Å². The third kappa shape index (κ3) is 4.15. The lowest BCUT2D eigenvalue weighted by Gasteiger charge is -2.40. The van der Waals surface area contributed by atoms with Crippen molar-refractivity contribution in [2.75, 3.05) is 13.2 Å². The molecule has 1 fully saturated rings. The molecule has 1 aromatic carbocycles. The van der Waals surface area contributed by atoms with E-state index in [-0.39, 0.29) is 18.0 Å². The summed E-state index contributed by atoms with van der Waals surface area (Å²) in [6.07, 6.45) is -6.35. The molecule has 1 aromatic rings. The van der Waals surface area contributed by atoms with Gasteiger partial charge < -0.3 is 29.5 Å². The second-order valence-corrected chi connectivity index (χ2v) is 5.04. The molecule has 0 amide bonds. The lowest BCUT2D eigenvalue weighted by Crippen LogP contribution is -2.60. The summed E-state index contributed by atoms with van der Waals surface area (Å²) in [5.41, 5.74) is -0.104. The molecule has 0 spiro atoms. The summed E-state index contributed by atoms with van der Waals surface area (Å²) < 4.78 is 16.0.